The van der Waals surface area contributed by atoms with Crippen LogP contribution in [0.4, 0.5) is 0 Å². The Labute approximate surface area is 180 Å². The molecule has 0 aliphatic heterocycles. The van der Waals surface area contributed by atoms with Crippen LogP contribution in [0.3, 0.4) is 0 Å². The highest BCUT2D eigenvalue weighted by Crippen LogP contribution is 2.43. The predicted molar refractivity (Wildman–Crippen MR) is 121 cm³/mol. The van der Waals surface area contributed by atoms with E-state index in [1.807, 2.05) is 6.07 Å². The molecule has 0 heterocycles. The fraction of sp³-hybridized carbons (Fsp3) is 0.632. The molecule has 0 saturated heterocycles. The van der Waals surface area contributed by atoms with Crippen molar-refractivity contribution < 1.29 is 13.2 Å². The van der Waals surface area contributed by atoms with Gasteiger partial charge in [0.05, 0.1) is 10.6 Å². The van der Waals surface area contributed by atoms with Crippen LogP contribution in [0.25, 0.3) is 0 Å². The average Bonchev–Trinajstić information content (AvgIpc) is 2.62. The summed E-state index contributed by atoms with van der Waals surface area (Å²) in [6.07, 6.45) is 5.30. The van der Waals surface area contributed by atoms with Gasteiger partial charge in [0.2, 0.25) is 0 Å². The van der Waals surface area contributed by atoms with Crippen LogP contribution in [-0.2, 0) is 14.6 Å². The zero-order valence-electron chi connectivity index (χ0n) is 16.2. The first-order chi connectivity index (χ1) is 12.5. The summed E-state index contributed by atoms with van der Waals surface area (Å²) >= 11 is 0. The number of halogens is 1. The molecule has 8 heteroatoms. The fourth-order valence-electron chi connectivity index (χ4n) is 3.22. The monoisotopic (exact) mass is 509 g/mol. The number of rotatable bonds is 10. The number of guanidine groups is 1. The summed E-state index contributed by atoms with van der Waals surface area (Å²) < 4.78 is 29.8. The van der Waals surface area contributed by atoms with E-state index < -0.39 is 9.84 Å². The molecule has 2 rings (SSSR count). The van der Waals surface area contributed by atoms with Crippen LogP contribution in [0.5, 0.6) is 0 Å². The number of nitrogens with zero attached hydrogens (tertiary/aromatic N) is 1. The molecule has 27 heavy (non-hydrogen) atoms. The Kier molecular flexibility index (Phi) is 10.6. The molecule has 0 unspecified atom stereocenters. The van der Waals surface area contributed by atoms with Crippen LogP contribution in [0.1, 0.15) is 32.1 Å². The molecule has 1 aliphatic rings. The molecule has 6 nitrogen and oxygen atoms in total. The molecule has 0 aromatic heterocycles. The maximum atomic E-state index is 12.3. The summed E-state index contributed by atoms with van der Waals surface area (Å²) in [5.74, 6) is 0.851. The highest BCUT2D eigenvalue weighted by Gasteiger charge is 2.36. The smallest absolute Gasteiger partial charge is 0.190 e. The first kappa shape index (κ1) is 24.2. The first-order valence-electron chi connectivity index (χ1n) is 9.23. The van der Waals surface area contributed by atoms with Crippen molar-refractivity contribution in [1.29, 1.82) is 0 Å². The van der Waals surface area contributed by atoms with Crippen molar-refractivity contribution in [3.05, 3.63) is 30.3 Å². The third kappa shape index (κ3) is 7.57. The summed E-state index contributed by atoms with van der Waals surface area (Å²) in [5.41, 5.74) is 0.310. The lowest BCUT2D eigenvalue weighted by Crippen LogP contribution is -2.47. The second-order valence-corrected chi connectivity index (χ2v) is 9.04. The topological polar surface area (TPSA) is 79.8 Å². The summed E-state index contributed by atoms with van der Waals surface area (Å²) in [6.45, 7) is 2.22. The van der Waals surface area contributed by atoms with Crippen LogP contribution in [-0.4, -0.2) is 54.0 Å². The minimum atomic E-state index is -3.22. The molecule has 2 N–H and O–H groups in total. The minimum Gasteiger partial charge on any atom is -0.385 e. The molecular formula is C19H32IN3O3S. The number of ether oxygens (including phenoxy) is 1. The largest absolute Gasteiger partial charge is 0.385 e. The summed E-state index contributed by atoms with van der Waals surface area (Å²) in [5, 5.41) is 6.60. The van der Waals surface area contributed by atoms with Gasteiger partial charge < -0.3 is 15.4 Å². The number of hydrogen-bond donors (Lipinski definition) is 2. The van der Waals surface area contributed by atoms with Crippen LogP contribution >= 0.6 is 24.0 Å². The molecule has 0 atom stereocenters. The molecule has 154 valence electrons. The van der Waals surface area contributed by atoms with Gasteiger partial charge in [-0.3, -0.25) is 4.99 Å². The van der Waals surface area contributed by atoms with Gasteiger partial charge in [0.1, 0.15) is 0 Å². The van der Waals surface area contributed by atoms with Gasteiger partial charge in [0.15, 0.2) is 15.8 Å². The third-order valence-electron chi connectivity index (χ3n) is 5.09. The second kappa shape index (κ2) is 11.9. The Bertz CT molecular complexity index is 677. The Balaban J connectivity index is 0.00000364. The second-order valence-electron chi connectivity index (χ2n) is 6.93. The molecule has 0 amide bonds. The van der Waals surface area contributed by atoms with Crippen molar-refractivity contribution in [2.45, 2.75) is 37.0 Å². The van der Waals surface area contributed by atoms with Gasteiger partial charge in [0.25, 0.3) is 0 Å². The van der Waals surface area contributed by atoms with Gasteiger partial charge in [-0.1, -0.05) is 24.6 Å². The van der Waals surface area contributed by atoms with E-state index in [2.05, 4.69) is 15.6 Å². The Morgan fingerprint density at radius 3 is 2.48 bits per heavy atom. The maximum Gasteiger partial charge on any atom is 0.190 e. The van der Waals surface area contributed by atoms with Gasteiger partial charge in [-0.15, -0.1) is 24.0 Å². The standard InChI is InChI=1S/C19H31N3O3S.HI/c1-20-18(22-16-19(10-6-11-19)12-14-25-2)21-13-7-15-26(23,24)17-8-4-3-5-9-17;/h3-5,8-9H,6-7,10-16H2,1-2H3,(H2,20,21,22);1H. The highest BCUT2D eigenvalue weighted by molar-refractivity contribution is 14.0. The normalized spacial score (nSPS) is 16.1. The highest BCUT2D eigenvalue weighted by atomic mass is 127. The van der Waals surface area contributed by atoms with E-state index in [0.29, 0.717) is 23.3 Å². The lowest BCUT2D eigenvalue weighted by atomic mass is 9.67. The lowest BCUT2D eigenvalue weighted by molar-refractivity contribution is 0.0732. The quantitative estimate of drug-likeness (QED) is 0.220. The molecule has 1 aromatic carbocycles. The van der Waals surface area contributed by atoms with Crippen molar-refractivity contribution in [2.24, 2.45) is 10.4 Å². The van der Waals surface area contributed by atoms with Crippen molar-refractivity contribution in [3.63, 3.8) is 0 Å². The zero-order chi connectivity index (χ0) is 18.9. The minimum absolute atomic E-state index is 0. The number of sulfone groups is 1. The van der Waals surface area contributed by atoms with Crippen LogP contribution in [0.15, 0.2) is 40.2 Å². The van der Waals surface area contributed by atoms with Crippen molar-refractivity contribution >= 4 is 39.8 Å². The molecule has 1 aliphatic carbocycles. The molecular weight excluding hydrogens is 477 g/mol. The molecule has 0 spiro atoms. The Morgan fingerprint density at radius 2 is 1.93 bits per heavy atom. The van der Waals surface area contributed by atoms with Gasteiger partial charge >= 0.3 is 0 Å². The number of aliphatic imine (C=N–C) groups is 1. The van der Waals surface area contributed by atoms with Crippen molar-refractivity contribution in [1.82, 2.24) is 10.6 Å². The molecule has 1 fully saturated rings. The Morgan fingerprint density at radius 1 is 1.22 bits per heavy atom. The van der Waals surface area contributed by atoms with Gasteiger partial charge in [-0.25, -0.2) is 8.42 Å². The van der Waals surface area contributed by atoms with E-state index in [1.165, 1.54) is 19.3 Å². The summed E-state index contributed by atoms with van der Waals surface area (Å²) in [7, 11) is 0.255. The Hall–Kier alpha value is -0.870. The van der Waals surface area contributed by atoms with Crippen LogP contribution < -0.4 is 10.6 Å². The average molecular weight is 509 g/mol. The third-order valence-corrected chi connectivity index (χ3v) is 6.91. The van der Waals surface area contributed by atoms with E-state index in [9.17, 15) is 8.42 Å². The number of nitrogens with one attached hydrogen (secondary N) is 2. The van der Waals surface area contributed by atoms with Gasteiger partial charge in [-0.05, 0) is 43.2 Å². The molecule has 0 bridgehead atoms. The maximum absolute atomic E-state index is 12.3. The number of benzene rings is 1. The van der Waals surface area contributed by atoms with E-state index in [4.69, 9.17) is 4.74 Å². The summed E-state index contributed by atoms with van der Waals surface area (Å²) in [6, 6.07) is 8.59. The molecule has 0 radical (unpaired) electrons. The molecule has 1 aromatic rings. The summed E-state index contributed by atoms with van der Waals surface area (Å²) in [4.78, 5) is 4.62. The first-order valence-corrected chi connectivity index (χ1v) is 10.9. The van der Waals surface area contributed by atoms with Crippen molar-refractivity contribution in [3.8, 4) is 0 Å². The SMILES string of the molecule is CN=C(NCCCS(=O)(=O)c1ccccc1)NCC1(CCOC)CCC1.I. The van der Waals surface area contributed by atoms with Crippen molar-refractivity contribution in [2.75, 3.05) is 39.6 Å². The van der Waals surface area contributed by atoms with Gasteiger partial charge in [0, 0.05) is 33.9 Å². The van der Waals surface area contributed by atoms with E-state index >= 15 is 0 Å². The van der Waals surface area contributed by atoms with E-state index in [0.717, 1.165) is 25.5 Å². The van der Waals surface area contributed by atoms with Crippen LogP contribution in [0, 0.1) is 5.41 Å². The number of hydrogen-bond acceptors (Lipinski definition) is 4. The molecule has 1 saturated carbocycles. The number of methoxy groups -OCH3 is 1. The zero-order valence-corrected chi connectivity index (χ0v) is 19.4. The van der Waals surface area contributed by atoms with E-state index in [-0.39, 0.29) is 29.7 Å². The van der Waals surface area contributed by atoms with Gasteiger partial charge in [-0.2, -0.15) is 0 Å². The fourth-order valence-corrected chi connectivity index (χ4v) is 4.55. The van der Waals surface area contributed by atoms with E-state index in [1.54, 1.807) is 38.4 Å². The lowest BCUT2D eigenvalue weighted by Gasteiger charge is -2.42. The predicted octanol–water partition coefficient (Wildman–Crippen LogP) is 2.84. The van der Waals surface area contributed by atoms with Crippen LogP contribution in [0.2, 0.25) is 0 Å².